The van der Waals surface area contributed by atoms with Crippen molar-refractivity contribution in [1.82, 2.24) is 0 Å². The SMILES string of the molecule is O=C(O)CSCCSCCSCCSCC(=O)O.[H-].[H-].[Na+].[Na+]. The normalized spacial score (nSPS) is 9.40. The van der Waals surface area contributed by atoms with Gasteiger partial charge >= 0.3 is 71.1 Å². The standard InChI is InChI=1S/C10H18O4S4.2Na.2H/c11-9(12)7-17-5-3-15-1-2-16-4-6-18-8-10(13)14;;;;/h1-8H2,(H,11,12)(H,13,14);;;;/q;2*+1;2*-1. The number of carbonyl (C=O) groups is 2. The Balaban J connectivity index is -0.000000241. The second-order valence-electron chi connectivity index (χ2n) is 3.12. The van der Waals surface area contributed by atoms with Gasteiger partial charge in [0.15, 0.2) is 0 Å². The van der Waals surface area contributed by atoms with Crippen molar-refractivity contribution < 1.29 is 81.8 Å². The number of carboxylic acid groups (broad SMARTS) is 2. The van der Waals surface area contributed by atoms with Crippen molar-refractivity contribution >= 4 is 59.0 Å². The van der Waals surface area contributed by atoms with Gasteiger partial charge in [-0.2, -0.15) is 23.5 Å². The summed E-state index contributed by atoms with van der Waals surface area (Å²) in [5.74, 6) is 4.78. The van der Waals surface area contributed by atoms with E-state index in [0.717, 1.165) is 34.5 Å². The number of aliphatic carboxylic acids is 2. The van der Waals surface area contributed by atoms with Crippen LogP contribution < -0.4 is 59.1 Å². The van der Waals surface area contributed by atoms with E-state index in [9.17, 15) is 9.59 Å². The van der Waals surface area contributed by atoms with Gasteiger partial charge < -0.3 is 13.1 Å². The van der Waals surface area contributed by atoms with E-state index in [1.54, 1.807) is 0 Å². The van der Waals surface area contributed by atoms with Crippen LogP contribution in [0.1, 0.15) is 2.85 Å². The summed E-state index contributed by atoms with van der Waals surface area (Å²) in [6.45, 7) is 0. The molecule has 0 radical (unpaired) electrons. The Morgan fingerprint density at radius 1 is 0.650 bits per heavy atom. The summed E-state index contributed by atoms with van der Waals surface area (Å²) in [5, 5.41) is 16.8. The van der Waals surface area contributed by atoms with E-state index in [-0.39, 0.29) is 73.5 Å². The predicted molar refractivity (Wildman–Crippen MR) is 86.8 cm³/mol. The zero-order valence-corrected chi connectivity index (χ0v) is 19.3. The third-order valence-corrected chi connectivity index (χ3v) is 6.20. The van der Waals surface area contributed by atoms with Crippen LogP contribution in [0.4, 0.5) is 0 Å². The number of hydrogen-bond donors (Lipinski definition) is 2. The minimum atomic E-state index is -0.751. The topological polar surface area (TPSA) is 74.6 Å². The van der Waals surface area contributed by atoms with E-state index in [4.69, 9.17) is 10.2 Å². The van der Waals surface area contributed by atoms with Crippen LogP contribution in [0.3, 0.4) is 0 Å². The van der Waals surface area contributed by atoms with Crippen molar-refractivity contribution in [2.75, 3.05) is 46.0 Å². The fourth-order valence-corrected chi connectivity index (χ4v) is 4.75. The van der Waals surface area contributed by atoms with Gasteiger partial charge in [0.2, 0.25) is 0 Å². The molecule has 0 amide bonds. The first kappa shape index (κ1) is 27.2. The van der Waals surface area contributed by atoms with Crippen LogP contribution >= 0.6 is 47.0 Å². The Labute approximate surface area is 184 Å². The van der Waals surface area contributed by atoms with Crippen LogP contribution in [0.25, 0.3) is 0 Å². The van der Waals surface area contributed by atoms with Crippen molar-refractivity contribution in [1.29, 1.82) is 0 Å². The van der Waals surface area contributed by atoms with Gasteiger partial charge in [0.1, 0.15) is 0 Å². The van der Waals surface area contributed by atoms with Crippen molar-refractivity contribution in [3.8, 4) is 0 Å². The molecule has 0 bridgehead atoms. The first-order chi connectivity index (χ1) is 8.63. The molecule has 0 rings (SSSR count). The summed E-state index contributed by atoms with van der Waals surface area (Å²) >= 11 is 6.58. The molecule has 0 aromatic rings. The Bertz CT molecular complexity index is 233. The van der Waals surface area contributed by atoms with Gasteiger partial charge in [0.05, 0.1) is 11.5 Å². The fraction of sp³-hybridized carbons (Fsp3) is 0.800. The molecule has 0 aliphatic rings. The molecule has 0 unspecified atom stereocenters. The van der Waals surface area contributed by atoms with E-state index >= 15 is 0 Å². The Morgan fingerprint density at radius 2 is 0.900 bits per heavy atom. The maximum atomic E-state index is 10.2. The summed E-state index contributed by atoms with van der Waals surface area (Å²) in [5.41, 5.74) is 0. The zero-order chi connectivity index (χ0) is 13.6. The van der Waals surface area contributed by atoms with Crippen LogP contribution in [-0.2, 0) is 9.59 Å². The minimum absolute atomic E-state index is 0. The molecule has 110 valence electrons. The van der Waals surface area contributed by atoms with E-state index in [0.29, 0.717) is 0 Å². The molecule has 10 heteroatoms. The first-order valence-electron chi connectivity index (χ1n) is 5.37. The van der Waals surface area contributed by atoms with Gasteiger partial charge in [-0.15, -0.1) is 23.5 Å². The average molecular weight is 379 g/mol. The van der Waals surface area contributed by atoms with Crippen LogP contribution in [-0.4, -0.2) is 68.2 Å². The van der Waals surface area contributed by atoms with E-state index < -0.39 is 11.9 Å². The third kappa shape index (κ3) is 25.3. The van der Waals surface area contributed by atoms with Crippen molar-refractivity contribution in [2.45, 2.75) is 0 Å². The third-order valence-electron chi connectivity index (χ3n) is 1.57. The molecule has 0 saturated heterocycles. The molecule has 2 N–H and O–H groups in total. The van der Waals surface area contributed by atoms with E-state index in [1.165, 1.54) is 23.5 Å². The average Bonchev–Trinajstić information content (AvgIpc) is 2.29. The molecule has 0 atom stereocenters. The van der Waals surface area contributed by atoms with Crippen molar-refractivity contribution in [3.63, 3.8) is 0 Å². The molecule has 0 heterocycles. The quantitative estimate of drug-likeness (QED) is 0.251. The van der Waals surface area contributed by atoms with Gasteiger partial charge in [0.25, 0.3) is 0 Å². The molecular weight excluding hydrogens is 358 g/mol. The van der Waals surface area contributed by atoms with Crippen LogP contribution in [0.5, 0.6) is 0 Å². The number of carboxylic acids is 2. The van der Waals surface area contributed by atoms with Crippen LogP contribution in [0, 0.1) is 0 Å². The minimum Gasteiger partial charge on any atom is -1.00 e. The number of rotatable bonds is 13. The molecule has 0 aromatic carbocycles. The first-order valence-corrected chi connectivity index (χ1v) is 9.99. The van der Waals surface area contributed by atoms with Gasteiger partial charge in [0, 0.05) is 34.5 Å². The molecule has 0 fully saturated rings. The molecule has 0 aliphatic heterocycles. The largest absolute Gasteiger partial charge is 1.00 e. The second kappa shape index (κ2) is 21.3. The van der Waals surface area contributed by atoms with Gasteiger partial charge in [-0.1, -0.05) is 0 Å². The molecule has 4 nitrogen and oxygen atoms in total. The van der Waals surface area contributed by atoms with E-state index in [1.807, 2.05) is 23.5 Å². The number of thioether (sulfide) groups is 4. The fourth-order valence-electron chi connectivity index (χ4n) is 0.877. The van der Waals surface area contributed by atoms with Gasteiger partial charge in [-0.05, 0) is 0 Å². The van der Waals surface area contributed by atoms with Gasteiger partial charge in [-0.25, -0.2) is 0 Å². The molecular formula is C10H20Na2O4S4. The predicted octanol–water partition coefficient (Wildman–Crippen LogP) is -3.68. The molecule has 0 aliphatic carbocycles. The summed E-state index contributed by atoms with van der Waals surface area (Å²) in [4.78, 5) is 20.5. The molecule has 0 aromatic heterocycles. The summed E-state index contributed by atoms with van der Waals surface area (Å²) in [6.07, 6.45) is 0. The zero-order valence-electron chi connectivity index (χ0n) is 14.0. The number of hydrogen-bond acceptors (Lipinski definition) is 6. The second-order valence-corrected chi connectivity index (χ2v) is 7.78. The maximum Gasteiger partial charge on any atom is 1.00 e. The molecule has 0 saturated carbocycles. The van der Waals surface area contributed by atoms with Crippen LogP contribution in [0.15, 0.2) is 0 Å². The van der Waals surface area contributed by atoms with Gasteiger partial charge in [-0.3, -0.25) is 9.59 Å². The Kier molecular flexibility index (Phi) is 29.0. The molecule has 20 heavy (non-hydrogen) atoms. The Morgan fingerprint density at radius 3 is 1.15 bits per heavy atom. The summed E-state index contributed by atoms with van der Waals surface area (Å²) in [7, 11) is 0. The summed E-state index contributed by atoms with van der Waals surface area (Å²) in [6, 6.07) is 0. The smallest absolute Gasteiger partial charge is 1.00 e. The van der Waals surface area contributed by atoms with Crippen LogP contribution in [0.2, 0.25) is 0 Å². The summed E-state index contributed by atoms with van der Waals surface area (Å²) < 4.78 is 0. The van der Waals surface area contributed by atoms with Crippen molar-refractivity contribution in [2.24, 2.45) is 0 Å². The monoisotopic (exact) mass is 378 g/mol. The maximum absolute atomic E-state index is 10.2. The Hall–Kier alpha value is 2.34. The molecule has 0 spiro atoms. The van der Waals surface area contributed by atoms with Crippen molar-refractivity contribution in [3.05, 3.63) is 0 Å². The van der Waals surface area contributed by atoms with E-state index in [2.05, 4.69) is 0 Å².